The third-order valence-electron chi connectivity index (χ3n) is 4.29. The highest BCUT2D eigenvalue weighted by Gasteiger charge is 2.20. The maximum atomic E-state index is 4.90. The molecule has 2 aromatic rings. The number of hydrogen-bond donors (Lipinski definition) is 1. The van der Waals surface area contributed by atoms with Crippen LogP contribution >= 0.6 is 0 Å². The molecule has 0 spiro atoms. The van der Waals surface area contributed by atoms with Crippen molar-refractivity contribution in [2.24, 2.45) is 4.99 Å². The number of nitrogens with zero attached hydrogens (tertiary/aromatic N) is 4. The van der Waals surface area contributed by atoms with E-state index in [1.807, 2.05) is 13.1 Å². The summed E-state index contributed by atoms with van der Waals surface area (Å²) < 4.78 is 4.90. The van der Waals surface area contributed by atoms with Gasteiger partial charge in [0.15, 0.2) is 5.96 Å². The van der Waals surface area contributed by atoms with Gasteiger partial charge in [-0.15, -0.1) is 0 Å². The fraction of sp³-hybridized carbons (Fsp3) is 0.444. The minimum Gasteiger partial charge on any atom is -0.364 e. The fourth-order valence-corrected chi connectivity index (χ4v) is 3.00. The van der Waals surface area contributed by atoms with Gasteiger partial charge in [0, 0.05) is 52.4 Å². The van der Waals surface area contributed by atoms with Crippen molar-refractivity contribution < 1.29 is 4.52 Å². The minimum absolute atomic E-state index is 0.799. The number of guanidine groups is 1. The standard InChI is InChI=1S/C18H25N5O/c1-15-4-3-5-16(12-15)13-20-18(19-2)23-9-7-22(8-10-23)14-17-6-11-24-21-17/h3-6,11-12H,7-10,13-14H2,1-2H3,(H,19,20). The van der Waals surface area contributed by atoms with Gasteiger partial charge < -0.3 is 14.7 Å². The van der Waals surface area contributed by atoms with Crippen molar-refractivity contribution in [3.05, 3.63) is 53.4 Å². The molecule has 6 nitrogen and oxygen atoms in total. The van der Waals surface area contributed by atoms with Crippen molar-refractivity contribution in [3.63, 3.8) is 0 Å². The van der Waals surface area contributed by atoms with Crippen LogP contribution in [0.1, 0.15) is 16.8 Å². The quantitative estimate of drug-likeness (QED) is 0.686. The summed E-state index contributed by atoms with van der Waals surface area (Å²) in [5, 5.41) is 7.46. The number of aromatic nitrogens is 1. The van der Waals surface area contributed by atoms with Crippen molar-refractivity contribution >= 4 is 5.96 Å². The molecule has 6 heteroatoms. The summed E-state index contributed by atoms with van der Waals surface area (Å²) in [4.78, 5) is 9.14. The summed E-state index contributed by atoms with van der Waals surface area (Å²) in [6.45, 7) is 7.69. The first-order valence-electron chi connectivity index (χ1n) is 8.37. The molecule has 1 aliphatic rings. The third-order valence-corrected chi connectivity index (χ3v) is 4.29. The molecule has 24 heavy (non-hydrogen) atoms. The fourth-order valence-electron chi connectivity index (χ4n) is 3.00. The Hall–Kier alpha value is -2.34. The maximum Gasteiger partial charge on any atom is 0.194 e. The average Bonchev–Trinajstić information content (AvgIpc) is 3.10. The van der Waals surface area contributed by atoms with Crippen LogP contribution in [0.25, 0.3) is 0 Å². The number of nitrogens with one attached hydrogen (secondary N) is 1. The van der Waals surface area contributed by atoms with E-state index in [0.29, 0.717) is 0 Å². The monoisotopic (exact) mass is 327 g/mol. The van der Waals surface area contributed by atoms with Crippen LogP contribution in [-0.4, -0.2) is 54.1 Å². The number of benzene rings is 1. The molecule has 0 saturated carbocycles. The maximum absolute atomic E-state index is 4.90. The lowest BCUT2D eigenvalue weighted by molar-refractivity contribution is 0.169. The number of rotatable bonds is 4. The minimum atomic E-state index is 0.799. The molecule has 0 radical (unpaired) electrons. The molecule has 3 rings (SSSR count). The largest absolute Gasteiger partial charge is 0.364 e. The summed E-state index contributed by atoms with van der Waals surface area (Å²) in [6, 6.07) is 10.5. The lowest BCUT2D eigenvalue weighted by Gasteiger charge is -2.36. The van der Waals surface area contributed by atoms with Gasteiger partial charge in [-0.25, -0.2) is 0 Å². The number of hydrogen-bond acceptors (Lipinski definition) is 4. The third kappa shape index (κ3) is 4.35. The predicted molar refractivity (Wildman–Crippen MR) is 94.7 cm³/mol. The van der Waals surface area contributed by atoms with Gasteiger partial charge in [0.05, 0.1) is 5.69 Å². The van der Waals surface area contributed by atoms with Crippen LogP contribution < -0.4 is 5.32 Å². The van der Waals surface area contributed by atoms with Crippen LogP contribution in [0.2, 0.25) is 0 Å². The molecule has 1 aromatic heterocycles. The van der Waals surface area contributed by atoms with Gasteiger partial charge in [-0.2, -0.15) is 0 Å². The highest BCUT2D eigenvalue weighted by molar-refractivity contribution is 5.80. The van der Waals surface area contributed by atoms with Crippen LogP contribution in [0, 0.1) is 6.92 Å². The Bertz CT molecular complexity index is 660. The van der Waals surface area contributed by atoms with Gasteiger partial charge in [0.25, 0.3) is 0 Å². The molecule has 1 aliphatic heterocycles. The molecular weight excluding hydrogens is 302 g/mol. The summed E-state index contributed by atoms with van der Waals surface area (Å²) in [7, 11) is 1.85. The smallest absolute Gasteiger partial charge is 0.194 e. The molecule has 0 atom stereocenters. The van der Waals surface area contributed by atoms with Crippen molar-refractivity contribution in [2.75, 3.05) is 33.2 Å². The van der Waals surface area contributed by atoms with Crippen molar-refractivity contribution in [3.8, 4) is 0 Å². The second-order valence-corrected chi connectivity index (χ2v) is 6.14. The Morgan fingerprint density at radius 3 is 2.75 bits per heavy atom. The molecule has 0 aliphatic carbocycles. The predicted octanol–water partition coefficient (Wildman–Crippen LogP) is 1.88. The van der Waals surface area contributed by atoms with E-state index < -0.39 is 0 Å². The Morgan fingerprint density at radius 1 is 1.25 bits per heavy atom. The van der Waals surface area contributed by atoms with E-state index in [9.17, 15) is 0 Å². The Balaban J connectivity index is 1.48. The van der Waals surface area contributed by atoms with Gasteiger partial charge in [0.2, 0.25) is 0 Å². The molecule has 0 bridgehead atoms. The van der Waals surface area contributed by atoms with E-state index in [1.165, 1.54) is 11.1 Å². The van der Waals surface area contributed by atoms with Gasteiger partial charge >= 0.3 is 0 Å². The molecule has 0 amide bonds. The average molecular weight is 327 g/mol. The van der Waals surface area contributed by atoms with Gasteiger partial charge in [-0.05, 0) is 12.5 Å². The Kier molecular flexibility index (Phi) is 5.48. The van der Waals surface area contributed by atoms with E-state index in [0.717, 1.165) is 50.9 Å². The second-order valence-electron chi connectivity index (χ2n) is 6.14. The molecule has 2 heterocycles. The van der Waals surface area contributed by atoms with Crippen LogP contribution in [0.15, 0.2) is 46.1 Å². The van der Waals surface area contributed by atoms with E-state index in [4.69, 9.17) is 4.52 Å². The van der Waals surface area contributed by atoms with E-state index >= 15 is 0 Å². The second kappa shape index (κ2) is 7.97. The summed E-state index contributed by atoms with van der Waals surface area (Å²) in [5.41, 5.74) is 3.55. The Morgan fingerprint density at radius 2 is 2.08 bits per heavy atom. The zero-order valence-corrected chi connectivity index (χ0v) is 14.4. The number of aryl methyl sites for hydroxylation is 1. The summed E-state index contributed by atoms with van der Waals surface area (Å²) in [5.74, 6) is 0.970. The summed E-state index contributed by atoms with van der Waals surface area (Å²) in [6.07, 6.45) is 1.63. The molecule has 1 N–H and O–H groups in total. The van der Waals surface area contributed by atoms with Crippen LogP contribution in [-0.2, 0) is 13.1 Å². The zero-order valence-electron chi connectivity index (χ0n) is 14.4. The molecule has 1 aromatic carbocycles. The topological polar surface area (TPSA) is 56.9 Å². The van der Waals surface area contributed by atoms with E-state index in [-0.39, 0.29) is 0 Å². The molecule has 1 fully saturated rings. The van der Waals surface area contributed by atoms with E-state index in [1.54, 1.807) is 6.26 Å². The summed E-state index contributed by atoms with van der Waals surface area (Å²) >= 11 is 0. The lowest BCUT2D eigenvalue weighted by Crippen LogP contribution is -2.52. The lowest BCUT2D eigenvalue weighted by atomic mass is 10.1. The van der Waals surface area contributed by atoms with Gasteiger partial charge in [0.1, 0.15) is 6.26 Å². The zero-order chi connectivity index (χ0) is 16.8. The van der Waals surface area contributed by atoms with Gasteiger partial charge in [-0.1, -0.05) is 35.0 Å². The van der Waals surface area contributed by atoms with Crippen molar-refractivity contribution in [1.29, 1.82) is 0 Å². The Labute approximate surface area is 143 Å². The van der Waals surface area contributed by atoms with Crippen molar-refractivity contribution in [2.45, 2.75) is 20.0 Å². The van der Waals surface area contributed by atoms with Crippen LogP contribution in [0.4, 0.5) is 0 Å². The first kappa shape index (κ1) is 16.5. The number of piperazine rings is 1. The SMILES string of the molecule is CN=C(NCc1cccc(C)c1)N1CCN(Cc2ccon2)CC1. The normalized spacial score (nSPS) is 16.4. The van der Waals surface area contributed by atoms with Crippen LogP contribution in [0.3, 0.4) is 0 Å². The molecule has 128 valence electrons. The highest BCUT2D eigenvalue weighted by Crippen LogP contribution is 2.08. The van der Waals surface area contributed by atoms with Gasteiger partial charge in [-0.3, -0.25) is 9.89 Å². The van der Waals surface area contributed by atoms with Crippen LogP contribution in [0.5, 0.6) is 0 Å². The van der Waals surface area contributed by atoms with E-state index in [2.05, 4.69) is 56.5 Å². The first-order valence-corrected chi connectivity index (χ1v) is 8.37. The molecule has 1 saturated heterocycles. The molecule has 0 unspecified atom stereocenters. The first-order chi connectivity index (χ1) is 11.7. The molecular formula is C18H25N5O. The number of aliphatic imine (C=N–C) groups is 1. The highest BCUT2D eigenvalue weighted by atomic mass is 16.5. The van der Waals surface area contributed by atoms with Crippen molar-refractivity contribution in [1.82, 2.24) is 20.3 Å².